The summed E-state index contributed by atoms with van der Waals surface area (Å²) >= 11 is 5.88. The van der Waals surface area contributed by atoms with Crippen LogP contribution in [0.25, 0.3) is 0 Å². The second-order valence-corrected chi connectivity index (χ2v) is 5.09. The fourth-order valence-corrected chi connectivity index (χ4v) is 2.43. The van der Waals surface area contributed by atoms with Crippen molar-refractivity contribution in [2.75, 3.05) is 6.54 Å². The van der Waals surface area contributed by atoms with Crippen LogP contribution in [-0.4, -0.2) is 29.3 Å². The van der Waals surface area contributed by atoms with Crippen molar-refractivity contribution >= 4 is 29.1 Å². The molecule has 1 aliphatic rings. The van der Waals surface area contributed by atoms with Gasteiger partial charge in [-0.2, -0.15) is 0 Å². The zero-order chi connectivity index (χ0) is 15.4. The molecule has 0 aromatic heterocycles. The highest BCUT2D eigenvalue weighted by Crippen LogP contribution is 2.27. The first-order valence-corrected chi connectivity index (χ1v) is 6.90. The molecule has 2 rings (SSSR count). The summed E-state index contributed by atoms with van der Waals surface area (Å²) < 4.78 is 0. The molecule has 1 aromatic rings. The SMILES string of the molecule is O=C(NC1CCCCNC1=O)c1cccc([N+](=O)[O-])c1Cl. The summed E-state index contributed by atoms with van der Waals surface area (Å²) in [5, 5.41) is 15.9. The molecule has 0 spiro atoms. The minimum absolute atomic E-state index is 0.0112. The molecule has 2 amide bonds. The van der Waals surface area contributed by atoms with Gasteiger partial charge in [0, 0.05) is 12.6 Å². The molecule has 1 atom stereocenters. The van der Waals surface area contributed by atoms with Gasteiger partial charge in [0.2, 0.25) is 5.91 Å². The molecule has 2 N–H and O–H groups in total. The maximum Gasteiger partial charge on any atom is 0.288 e. The highest BCUT2D eigenvalue weighted by atomic mass is 35.5. The Kier molecular flexibility index (Phi) is 4.74. The summed E-state index contributed by atoms with van der Waals surface area (Å²) in [7, 11) is 0. The largest absolute Gasteiger partial charge is 0.354 e. The lowest BCUT2D eigenvalue weighted by Gasteiger charge is -2.15. The van der Waals surface area contributed by atoms with Crippen LogP contribution >= 0.6 is 11.6 Å². The molecule has 0 bridgehead atoms. The van der Waals surface area contributed by atoms with Gasteiger partial charge < -0.3 is 10.6 Å². The number of nitro groups is 1. The summed E-state index contributed by atoms with van der Waals surface area (Å²) in [4.78, 5) is 34.1. The predicted molar refractivity (Wildman–Crippen MR) is 76.2 cm³/mol. The topological polar surface area (TPSA) is 101 Å². The van der Waals surface area contributed by atoms with Gasteiger partial charge in [-0.15, -0.1) is 0 Å². The fourth-order valence-electron chi connectivity index (χ4n) is 2.15. The fraction of sp³-hybridized carbons (Fsp3) is 0.385. The van der Waals surface area contributed by atoms with Crippen LogP contribution in [0.4, 0.5) is 5.69 Å². The molecule has 1 aromatic carbocycles. The van der Waals surface area contributed by atoms with Crippen molar-refractivity contribution in [1.82, 2.24) is 10.6 Å². The summed E-state index contributed by atoms with van der Waals surface area (Å²) in [6, 6.07) is 3.35. The molecule has 0 aliphatic carbocycles. The van der Waals surface area contributed by atoms with E-state index >= 15 is 0 Å². The number of halogens is 1. The lowest BCUT2D eigenvalue weighted by Crippen LogP contribution is -2.45. The van der Waals surface area contributed by atoms with Gasteiger partial charge in [0.1, 0.15) is 11.1 Å². The number of rotatable bonds is 3. The Labute approximate surface area is 125 Å². The second kappa shape index (κ2) is 6.53. The first kappa shape index (κ1) is 15.2. The van der Waals surface area contributed by atoms with Crippen LogP contribution in [-0.2, 0) is 4.79 Å². The van der Waals surface area contributed by atoms with E-state index in [0.29, 0.717) is 13.0 Å². The Morgan fingerprint density at radius 3 is 2.90 bits per heavy atom. The summed E-state index contributed by atoms with van der Waals surface area (Å²) in [5.74, 6) is -0.840. The van der Waals surface area contributed by atoms with Gasteiger partial charge in [-0.25, -0.2) is 0 Å². The zero-order valence-corrected chi connectivity index (χ0v) is 11.9. The van der Waals surface area contributed by atoms with Gasteiger partial charge in [-0.05, 0) is 25.3 Å². The van der Waals surface area contributed by atoms with Gasteiger partial charge in [0.15, 0.2) is 0 Å². The highest BCUT2D eigenvalue weighted by Gasteiger charge is 2.25. The summed E-state index contributed by atoms with van der Waals surface area (Å²) in [5.41, 5.74) is -0.349. The van der Waals surface area contributed by atoms with Gasteiger partial charge in [0.05, 0.1) is 10.5 Å². The lowest BCUT2D eigenvalue weighted by atomic mass is 10.1. The van der Waals surface area contributed by atoms with Crippen LogP contribution in [0.15, 0.2) is 18.2 Å². The van der Waals surface area contributed by atoms with Gasteiger partial charge in [0.25, 0.3) is 11.6 Å². The normalized spacial score (nSPS) is 18.5. The van der Waals surface area contributed by atoms with Gasteiger partial charge in [-0.3, -0.25) is 19.7 Å². The molecule has 112 valence electrons. The molecular weight excluding hydrogens is 298 g/mol. The second-order valence-electron chi connectivity index (χ2n) is 4.71. The molecule has 21 heavy (non-hydrogen) atoms. The third-order valence-corrected chi connectivity index (χ3v) is 3.66. The van der Waals surface area contributed by atoms with Crippen molar-refractivity contribution in [3.8, 4) is 0 Å². The minimum Gasteiger partial charge on any atom is -0.354 e. The van der Waals surface area contributed by atoms with E-state index in [-0.39, 0.29) is 22.2 Å². The Balaban J connectivity index is 2.18. The number of nitro benzene ring substituents is 1. The van der Waals surface area contributed by atoms with Crippen LogP contribution in [0.5, 0.6) is 0 Å². The number of hydrogen-bond donors (Lipinski definition) is 2. The molecule has 0 saturated carbocycles. The molecule has 1 heterocycles. The highest BCUT2D eigenvalue weighted by molar-refractivity contribution is 6.35. The maximum absolute atomic E-state index is 12.2. The number of nitrogens with one attached hydrogen (secondary N) is 2. The quantitative estimate of drug-likeness (QED) is 0.654. The van der Waals surface area contributed by atoms with Crippen molar-refractivity contribution in [2.45, 2.75) is 25.3 Å². The van der Waals surface area contributed by atoms with E-state index < -0.39 is 16.9 Å². The first-order chi connectivity index (χ1) is 10.0. The van der Waals surface area contributed by atoms with Crippen molar-refractivity contribution in [2.24, 2.45) is 0 Å². The van der Waals surface area contributed by atoms with Crippen LogP contribution in [0.1, 0.15) is 29.6 Å². The molecule has 0 radical (unpaired) electrons. The molecule has 1 saturated heterocycles. The van der Waals surface area contributed by atoms with Gasteiger partial charge >= 0.3 is 0 Å². The number of carbonyl (C=O) groups is 2. The molecule has 1 aliphatic heterocycles. The third-order valence-electron chi connectivity index (χ3n) is 3.26. The maximum atomic E-state index is 12.2. The Hall–Kier alpha value is -2.15. The number of amides is 2. The minimum atomic E-state index is -0.655. The summed E-state index contributed by atoms with van der Waals surface area (Å²) in [6.07, 6.45) is 2.20. The monoisotopic (exact) mass is 311 g/mol. The van der Waals surface area contributed by atoms with E-state index in [1.807, 2.05) is 0 Å². The zero-order valence-electron chi connectivity index (χ0n) is 11.1. The van der Waals surface area contributed by atoms with Crippen LogP contribution in [0, 0.1) is 10.1 Å². The number of hydrogen-bond acceptors (Lipinski definition) is 4. The number of nitrogens with zero attached hydrogens (tertiary/aromatic N) is 1. The van der Waals surface area contributed by atoms with Crippen molar-refractivity contribution < 1.29 is 14.5 Å². The van der Waals surface area contributed by atoms with Crippen LogP contribution in [0.3, 0.4) is 0 Å². The molecule has 7 nitrogen and oxygen atoms in total. The predicted octanol–water partition coefficient (Wildman–Crippen LogP) is 1.65. The number of carbonyl (C=O) groups excluding carboxylic acids is 2. The molecule has 1 fully saturated rings. The van der Waals surface area contributed by atoms with E-state index in [1.54, 1.807) is 0 Å². The van der Waals surface area contributed by atoms with E-state index in [4.69, 9.17) is 11.6 Å². The smallest absolute Gasteiger partial charge is 0.288 e. The average molecular weight is 312 g/mol. The van der Waals surface area contributed by atoms with Gasteiger partial charge in [-0.1, -0.05) is 17.7 Å². The van der Waals surface area contributed by atoms with E-state index in [9.17, 15) is 19.7 Å². The third kappa shape index (κ3) is 3.49. The molecular formula is C13H14ClN3O4. The Morgan fingerprint density at radius 1 is 1.43 bits per heavy atom. The van der Waals surface area contributed by atoms with E-state index in [1.165, 1.54) is 18.2 Å². The lowest BCUT2D eigenvalue weighted by molar-refractivity contribution is -0.384. The van der Waals surface area contributed by atoms with Crippen molar-refractivity contribution in [1.29, 1.82) is 0 Å². The van der Waals surface area contributed by atoms with Crippen molar-refractivity contribution in [3.63, 3.8) is 0 Å². The molecule has 8 heteroatoms. The average Bonchev–Trinajstić information content (AvgIpc) is 2.64. The molecule has 1 unspecified atom stereocenters. The van der Waals surface area contributed by atoms with Crippen molar-refractivity contribution in [3.05, 3.63) is 38.9 Å². The van der Waals surface area contributed by atoms with Crippen LogP contribution < -0.4 is 10.6 Å². The van der Waals surface area contributed by atoms with E-state index in [2.05, 4.69) is 10.6 Å². The summed E-state index contributed by atoms with van der Waals surface area (Å²) in [6.45, 7) is 0.586. The number of benzene rings is 1. The Bertz CT molecular complexity index is 591. The van der Waals surface area contributed by atoms with Crippen LogP contribution in [0.2, 0.25) is 5.02 Å². The standard InChI is InChI=1S/C13H14ClN3O4/c14-11-8(4-3-6-10(11)17(20)21)12(18)16-9-5-1-2-7-15-13(9)19/h3-4,6,9H,1-2,5,7H2,(H,15,19)(H,16,18). The van der Waals surface area contributed by atoms with E-state index in [0.717, 1.165) is 12.8 Å². The first-order valence-electron chi connectivity index (χ1n) is 6.52. The Morgan fingerprint density at radius 2 is 2.19 bits per heavy atom.